The fraction of sp³-hybridized carbons (Fsp3) is 0.583. The number of fused-ring (bicyclic) bond motifs is 1. The summed E-state index contributed by atoms with van der Waals surface area (Å²) in [6.45, 7) is 11.8. The van der Waals surface area contributed by atoms with Crippen molar-refractivity contribution >= 4 is 47.8 Å². The molecule has 0 N–H and O–H groups in total. The van der Waals surface area contributed by atoms with Crippen molar-refractivity contribution in [3.63, 3.8) is 0 Å². The molecule has 0 spiro atoms. The van der Waals surface area contributed by atoms with Crippen LogP contribution in [0.4, 0.5) is 0 Å². The van der Waals surface area contributed by atoms with E-state index in [0.717, 1.165) is 9.84 Å². The van der Waals surface area contributed by atoms with Gasteiger partial charge in [-0.1, -0.05) is 55.3 Å². The Bertz CT molecular complexity index is 601. The Hall–Kier alpha value is -0.0731. The Morgan fingerprint density at radius 2 is 2.00 bits per heavy atom. The van der Waals surface area contributed by atoms with Gasteiger partial charge in [0.1, 0.15) is 0 Å². The number of aromatic nitrogens is 2. The minimum absolute atomic E-state index is 0.214. The van der Waals surface area contributed by atoms with E-state index < -0.39 is 8.32 Å². The van der Waals surface area contributed by atoms with Gasteiger partial charge < -0.3 is 4.43 Å². The molecule has 0 radical (unpaired) electrons. The van der Waals surface area contributed by atoms with Crippen LogP contribution < -0.4 is 0 Å². The Morgan fingerprint density at radius 3 is 2.53 bits per heavy atom. The minimum atomic E-state index is -1.72. The van der Waals surface area contributed by atoms with Crippen LogP contribution in [-0.4, -0.2) is 17.7 Å². The molecule has 7 heteroatoms. The summed E-state index contributed by atoms with van der Waals surface area (Å²) in [5.41, 5.74) is 0. The van der Waals surface area contributed by atoms with Gasteiger partial charge in [0.05, 0.1) is 6.61 Å². The van der Waals surface area contributed by atoms with Crippen LogP contribution >= 0.6 is 34.5 Å². The van der Waals surface area contributed by atoms with E-state index in [0.29, 0.717) is 16.9 Å². The number of hydrogen-bond donors (Lipinski definition) is 0. The highest BCUT2D eigenvalue weighted by atomic mass is 35.5. The SMILES string of the molecule is CC(C)(C)[Si](C)(C)OCc1cn2c(Cl)c(Cl)nc2s1. The number of imidazole rings is 1. The Morgan fingerprint density at radius 1 is 1.37 bits per heavy atom. The van der Waals surface area contributed by atoms with Gasteiger partial charge in [-0.2, -0.15) is 0 Å². The molecule has 0 bridgehead atoms. The third kappa shape index (κ3) is 3.00. The van der Waals surface area contributed by atoms with Crippen molar-refractivity contribution in [2.24, 2.45) is 0 Å². The molecule has 0 aliphatic rings. The summed E-state index contributed by atoms with van der Waals surface area (Å²) in [5, 5.41) is 1.03. The fourth-order valence-electron chi connectivity index (χ4n) is 1.37. The van der Waals surface area contributed by atoms with E-state index in [1.807, 2.05) is 6.20 Å². The van der Waals surface area contributed by atoms with Crippen LogP contribution in [0.3, 0.4) is 0 Å². The van der Waals surface area contributed by atoms with E-state index >= 15 is 0 Å². The fourth-order valence-corrected chi connectivity index (χ4v) is 3.76. The Balaban J connectivity index is 2.15. The van der Waals surface area contributed by atoms with Crippen molar-refractivity contribution < 1.29 is 4.43 Å². The second kappa shape index (κ2) is 5.04. The van der Waals surface area contributed by atoms with Crippen LogP contribution in [0, 0.1) is 0 Å². The molecular weight excluding hydrogens is 319 g/mol. The molecule has 0 fully saturated rings. The van der Waals surface area contributed by atoms with Gasteiger partial charge in [-0.25, -0.2) is 4.98 Å². The van der Waals surface area contributed by atoms with Crippen LogP contribution in [0.1, 0.15) is 25.6 Å². The molecule has 19 heavy (non-hydrogen) atoms. The predicted octanol–water partition coefficient (Wildman–Crippen LogP) is 5.22. The first-order chi connectivity index (χ1) is 8.62. The number of halogens is 2. The van der Waals surface area contributed by atoms with Crippen LogP contribution in [0.15, 0.2) is 6.20 Å². The first-order valence-corrected chi connectivity index (χ1v) is 10.6. The third-order valence-electron chi connectivity index (χ3n) is 3.66. The predicted molar refractivity (Wildman–Crippen MR) is 85.1 cm³/mol. The van der Waals surface area contributed by atoms with E-state index in [-0.39, 0.29) is 5.04 Å². The molecular formula is C12H18Cl2N2OSSi. The van der Waals surface area contributed by atoms with Gasteiger partial charge in [-0.15, -0.1) is 0 Å². The maximum Gasteiger partial charge on any atom is 0.196 e. The number of rotatable bonds is 3. The summed E-state index contributed by atoms with van der Waals surface area (Å²) in [6.07, 6.45) is 1.95. The largest absolute Gasteiger partial charge is 0.412 e. The average molecular weight is 337 g/mol. The minimum Gasteiger partial charge on any atom is -0.412 e. The molecule has 0 aromatic carbocycles. The summed E-state index contributed by atoms with van der Waals surface area (Å²) in [7, 11) is -1.72. The molecule has 3 nitrogen and oxygen atoms in total. The molecule has 2 heterocycles. The molecule has 106 valence electrons. The lowest BCUT2D eigenvalue weighted by molar-refractivity contribution is 0.279. The Labute approximate surface area is 128 Å². The average Bonchev–Trinajstić information content (AvgIpc) is 2.76. The van der Waals surface area contributed by atoms with Gasteiger partial charge in [0, 0.05) is 11.1 Å². The summed E-state index contributed by atoms with van der Waals surface area (Å²) in [5.74, 6) is 0. The van der Waals surface area contributed by atoms with E-state index in [1.165, 1.54) is 0 Å². The Kier molecular flexibility index (Phi) is 4.06. The summed E-state index contributed by atoms with van der Waals surface area (Å²) in [6, 6.07) is 0. The van der Waals surface area contributed by atoms with Gasteiger partial charge >= 0.3 is 0 Å². The second-order valence-corrected chi connectivity index (χ2v) is 12.7. The summed E-state index contributed by atoms with van der Waals surface area (Å²) < 4.78 is 7.99. The molecule has 0 aliphatic heterocycles. The maximum absolute atomic E-state index is 6.18. The zero-order valence-corrected chi connectivity index (χ0v) is 15.1. The third-order valence-corrected chi connectivity index (χ3v) is 9.81. The quantitative estimate of drug-likeness (QED) is 0.718. The topological polar surface area (TPSA) is 26.5 Å². The van der Waals surface area contributed by atoms with E-state index in [1.54, 1.807) is 15.7 Å². The van der Waals surface area contributed by atoms with Crippen molar-refractivity contribution in [1.82, 2.24) is 9.38 Å². The zero-order valence-electron chi connectivity index (χ0n) is 11.8. The molecule has 2 aromatic rings. The highest BCUT2D eigenvalue weighted by Gasteiger charge is 2.37. The second-order valence-electron chi connectivity index (χ2n) is 6.09. The van der Waals surface area contributed by atoms with E-state index in [2.05, 4.69) is 38.8 Å². The molecule has 2 rings (SSSR count). The molecule has 0 saturated carbocycles. The first kappa shape index (κ1) is 15.3. The highest BCUT2D eigenvalue weighted by Crippen LogP contribution is 2.37. The molecule has 0 amide bonds. The van der Waals surface area contributed by atoms with Crippen molar-refractivity contribution in [3.05, 3.63) is 21.4 Å². The molecule has 2 aromatic heterocycles. The van der Waals surface area contributed by atoms with Gasteiger partial charge in [0.15, 0.2) is 23.6 Å². The molecule has 0 saturated heterocycles. The van der Waals surface area contributed by atoms with E-state index in [9.17, 15) is 0 Å². The lowest BCUT2D eigenvalue weighted by Gasteiger charge is -2.35. The van der Waals surface area contributed by atoms with Gasteiger partial charge in [0.2, 0.25) is 0 Å². The van der Waals surface area contributed by atoms with E-state index in [4.69, 9.17) is 27.6 Å². The van der Waals surface area contributed by atoms with Crippen molar-refractivity contribution in [3.8, 4) is 0 Å². The summed E-state index contributed by atoms with van der Waals surface area (Å²) in [4.78, 5) is 6.12. The van der Waals surface area contributed by atoms with Gasteiger partial charge in [0.25, 0.3) is 0 Å². The van der Waals surface area contributed by atoms with Crippen molar-refractivity contribution in [1.29, 1.82) is 0 Å². The lowest BCUT2D eigenvalue weighted by atomic mass is 10.2. The lowest BCUT2D eigenvalue weighted by Crippen LogP contribution is -2.40. The molecule has 0 aliphatic carbocycles. The zero-order chi connectivity index (χ0) is 14.4. The maximum atomic E-state index is 6.18. The smallest absolute Gasteiger partial charge is 0.196 e. The van der Waals surface area contributed by atoms with Crippen LogP contribution in [0.25, 0.3) is 4.96 Å². The van der Waals surface area contributed by atoms with Crippen LogP contribution in [-0.2, 0) is 11.0 Å². The molecule has 0 unspecified atom stereocenters. The summed E-state index contributed by atoms with van der Waals surface area (Å²) >= 11 is 13.5. The number of nitrogens with zero attached hydrogens (tertiary/aromatic N) is 2. The van der Waals surface area contributed by atoms with Crippen LogP contribution in [0.5, 0.6) is 0 Å². The highest BCUT2D eigenvalue weighted by molar-refractivity contribution is 7.17. The standard InChI is InChI=1S/C12H18Cl2N2OSSi/c1-12(2,3)19(4,5)17-7-8-6-16-10(14)9(13)15-11(16)18-8/h6H,7H2,1-5H3. The normalized spacial score (nSPS) is 13.4. The van der Waals surface area contributed by atoms with Gasteiger partial charge in [-0.3, -0.25) is 4.40 Å². The van der Waals surface area contributed by atoms with Crippen molar-refractivity contribution in [2.45, 2.75) is 45.5 Å². The van der Waals surface area contributed by atoms with Crippen LogP contribution in [0.2, 0.25) is 28.4 Å². The monoisotopic (exact) mass is 336 g/mol. The first-order valence-electron chi connectivity index (χ1n) is 6.07. The number of hydrogen-bond acceptors (Lipinski definition) is 3. The molecule has 0 atom stereocenters. The van der Waals surface area contributed by atoms with Crippen molar-refractivity contribution in [2.75, 3.05) is 0 Å². The number of thiazole rings is 1. The van der Waals surface area contributed by atoms with Gasteiger partial charge in [-0.05, 0) is 18.1 Å².